The largest absolute Gasteiger partial charge is 0.462 e. The summed E-state index contributed by atoms with van der Waals surface area (Å²) in [7, 11) is 0. The Morgan fingerprint density at radius 3 is 2.80 bits per heavy atom. The minimum Gasteiger partial charge on any atom is -0.462 e. The first kappa shape index (κ1) is 12.5. The van der Waals surface area contributed by atoms with Crippen LogP contribution >= 0.6 is 27.5 Å². The molecule has 0 N–H and O–H groups in total. The Morgan fingerprint density at radius 1 is 1.67 bits per heavy atom. The molecular weight excluding hydrogens is 286 g/mol. The molecule has 0 radical (unpaired) electrons. The van der Waals surface area contributed by atoms with E-state index in [2.05, 4.69) is 15.9 Å². The van der Waals surface area contributed by atoms with E-state index in [1.807, 2.05) is 0 Å². The molecule has 0 bridgehead atoms. The van der Waals surface area contributed by atoms with Gasteiger partial charge in [0.25, 0.3) is 0 Å². The van der Waals surface area contributed by atoms with Crippen molar-refractivity contribution in [2.75, 3.05) is 6.86 Å². The van der Waals surface area contributed by atoms with Gasteiger partial charge in [-0.15, -0.1) is 11.6 Å². The van der Waals surface area contributed by atoms with E-state index < -0.39 is 12.2 Å². The average Bonchev–Trinajstić information content (AvgIpc) is 2.20. The predicted octanol–water partition coefficient (Wildman–Crippen LogP) is 3.62. The number of hydrogen-bond acceptors (Lipinski definition) is 2. The third kappa shape index (κ3) is 3.18. The molecule has 0 aliphatic rings. The molecule has 0 fully saturated rings. The fourth-order valence-corrected chi connectivity index (χ4v) is 1.73. The Kier molecular flexibility index (Phi) is 4.54. The summed E-state index contributed by atoms with van der Waals surface area (Å²) in [6, 6.07) is 4.84. The van der Waals surface area contributed by atoms with Gasteiger partial charge in [-0.25, -0.2) is 4.39 Å². The van der Waals surface area contributed by atoms with Crippen LogP contribution in [0.4, 0.5) is 4.39 Å². The van der Waals surface area contributed by atoms with E-state index in [9.17, 15) is 9.18 Å². The number of ether oxygens (including phenoxy) is 1. The van der Waals surface area contributed by atoms with Crippen LogP contribution in [0.15, 0.2) is 22.7 Å². The van der Waals surface area contributed by atoms with Crippen molar-refractivity contribution in [2.45, 2.75) is 12.3 Å². The van der Waals surface area contributed by atoms with Gasteiger partial charge in [0.2, 0.25) is 6.86 Å². The lowest BCUT2D eigenvalue weighted by molar-refractivity contribution is -0.116. The Morgan fingerprint density at radius 2 is 2.33 bits per heavy atom. The first-order valence-corrected chi connectivity index (χ1v) is 5.42. The molecule has 0 saturated carbocycles. The normalized spacial score (nSPS) is 12.3. The van der Waals surface area contributed by atoms with Crippen LogP contribution in [0.3, 0.4) is 0 Å². The molecule has 15 heavy (non-hydrogen) atoms. The molecule has 0 saturated heterocycles. The Labute approximate surface area is 101 Å². The van der Waals surface area contributed by atoms with Gasteiger partial charge in [-0.3, -0.25) is 4.79 Å². The standard InChI is InChI=1S/C10H9BrClFO2/c1-6(14)10(12)7-2-3-9(15-5-13)8(11)4-7/h2-4,10H,5H2,1H3. The number of ketones is 1. The van der Waals surface area contributed by atoms with E-state index >= 15 is 0 Å². The van der Waals surface area contributed by atoms with Gasteiger partial charge in [0, 0.05) is 0 Å². The van der Waals surface area contributed by atoms with Crippen molar-refractivity contribution in [2.24, 2.45) is 0 Å². The van der Waals surface area contributed by atoms with Crippen LogP contribution in [0, 0.1) is 0 Å². The van der Waals surface area contributed by atoms with Crippen LogP contribution < -0.4 is 4.74 Å². The van der Waals surface area contributed by atoms with E-state index in [0.29, 0.717) is 15.8 Å². The Bertz CT molecular complexity index is 370. The molecule has 1 aromatic rings. The van der Waals surface area contributed by atoms with Crippen molar-refractivity contribution < 1.29 is 13.9 Å². The number of Topliss-reactive ketones (excluding diaryl/α,β-unsaturated/α-hetero) is 1. The first-order chi connectivity index (χ1) is 7.06. The van der Waals surface area contributed by atoms with E-state index in [0.717, 1.165) is 0 Å². The van der Waals surface area contributed by atoms with Gasteiger partial charge in [0.05, 0.1) is 4.47 Å². The fourth-order valence-electron chi connectivity index (χ4n) is 1.09. The summed E-state index contributed by atoms with van der Waals surface area (Å²) in [5.41, 5.74) is 0.655. The second kappa shape index (κ2) is 5.47. The van der Waals surface area contributed by atoms with Crippen LogP contribution in [0.2, 0.25) is 0 Å². The van der Waals surface area contributed by atoms with Gasteiger partial charge in [0.15, 0.2) is 5.78 Å². The number of carbonyl (C=O) groups is 1. The van der Waals surface area contributed by atoms with Crippen molar-refractivity contribution in [3.63, 3.8) is 0 Å². The molecular formula is C10H9BrClFO2. The monoisotopic (exact) mass is 294 g/mol. The number of alkyl halides is 2. The van der Waals surface area contributed by atoms with E-state index in [1.54, 1.807) is 18.2 Å². The smallest absolute Gasteiger partial charge is 0.228 e. The summed E-state index contributed by atoms with van der Waals surface area (Å²) in [5, 5.41) is -0.680. The molecule has 0 spiro atoms. The highest BCUT2D eigenvalue weighted by atomic mass is 79.9. The molecule has 0 amide bonds. The van der Waals surface area contributed by atoms with Crippen molar-refractivity contribution in [1.29, 1.82) is 0 Å². The van der Waals surface area contributed by atoms with Gasteiger partial charge >= 0.3 is 0 Å². The highest BCUT2D eigenvalue weighted by Gasteiger charge is 2.14. The van der Waals surface area contributed by atoms with Gasteiger partial charge in [-0.2, -0.15) is 0 Å². The maximum atomic E-state index is 11.9. The summed E-state index contributed by atoms with van der Waals surface area (Å²) in [4.78, 5) is 11.0. The zero-order valence-electron chi connectivity index (χ0n) is 7.97. The third-order valence-corrected chi connectivity index (χ3v) is 2.99. The molecule has 0 aromatic heterocycles. The van der Waals surface area contributed by atoms with Crippen LogP contribution in [0.25, 0.3) is 0 Å². The quantitative estimate of drug-likeness (QED) is 0.793. The first-order valence-electron chi connectivity index (χ1n) is 4.19. The number of rotatable bonds is 4. The molecule has 5 heteroatoms. The molecule has 1 aromatic carbocycles. The maximum Gasteiger partial charge on any atom is 0.228 e. The van der Waals surface area contributed by atoms with Crippen molar-refractivity contribution in [1.82, 2.24) is 0 Å². The zero-order valence-corrected chi connectivity index (χ0v) is 10.3. The third-order valence-electron chi connectivity index (χ3n) is 1.82. The van der Waals surface area contributed by atoms with Crippen molar-refractivity contribution >= 4 is 33.3 Å². The molecule has 0 heterocycles. The highest BCUT2D eigenvalue weighted by Crippen LogP contribution is 2.30. The van der Waals surface area contributed by atoms with Crippen LogP contribution in [0.1, 0.15) is 17.9 Å². The molecule has 0 aliphatic heterocycles. The minimum atomic E-state index is -0.894. The number of benzene rings is 1. The lowest BCUT2D eigenvalue weighted by Gasteiger charge is -2.09. The van der Waals surface area contributed by atoms with Gasteiger partial charge in [-0.1, -0.05) is 6.07 Å². The summed E-state index contributed by atoms with van der Waals surface area (Å²) in [6.07, 6.45) is 0. The minimum absolute atomic E-state index is 0.136. The topological polar surface area (TPSA) is 26.3 Å². The summed E-state index contributed by atoms with van der Waals surface area (Å²) < 4.78 is 17.2. The summed E-state index contributed by atoms with van der Waals surface area (Å²) in [5.74, 6) is 0.247. The summed E-state index contributed by atoms with van der Waals surface area (Å²) >= 11 is 9.06. The molecule has 1 rings (SSSR count). The predicted molar refractivity (Wildman–Crippen MR) is 60.0 cm³/mol. The SMILES string of the molecule is CC(=O)C(Cl)c1ccc(OCF)c(Br)c1. The highest BCUT2D eigenvalue weighted by molar-refractivity contribution is 9.10. The Hall–Kier alpha value is -0.610. The van der Waals surface area contributed by atoms with Crippen molar-refractivity contribution in [3.05, 3.63) is 28.2 Å². The second-order valence-electron chi connectivity index (χ2n) is 2.92. The fraction of sp³-hybridized carbons (Fsp3) is 0.300. The number of hydrogen-bond donors (Lipinski definition) is 0. The zero-order chi connectivity index (χ0) is 11.4. The van der Waals surface area contributed by atoms with E-state index in [-0.39, 0.29) is 5.78 Å². The maximum absolute atomic E-state index is 11.9. The van der Waals surface area contributed by atoms with Gasteiger partial charge in [0.1, 0.15) is 11.1 Å². The van der Waals surface area contributed by atoms with Crippen LogP contribution in [0.5, 0.6) is 5.75 Å². The number of carbonyl (C=O) groups excluding carboxylic acids is 1. The van der Waals surface area contributed by atoms with Crippen molar-refractivity contribution in [3.8, 4) is 5.75 Å². The lowest BCUT2D eigenvalue weighted by atomic mass is 10.1. The molecule has 82 valence electrons. The van der Waals surface area contributed by atoms with Crippen LogP contribution in [-0.4, -0.2) is 12.6 Å². The van der Waals surface area contributed by atoms with Crippen LogP contribution in [-0.2, 0) is 4.79 Å². The molecule has 0 aliphatic carbocycles. The molecule has 2 nitrogen and oxygen atoms in total. The van der Waals surface area contributed by atoms with Gasteiger partial charge in [-0.05, 0) is 40.5 Å². The lowest BCUT2D eigenvalue weighted by Crippen LogP contribution is -2.02. The molecule has 1 unspecified atom stereocenters. The van der Waals surface area contributed by atoms with Gasteiger partial charge < -0.3 is 4.74 Å². The molecule has 1 atom stereocenters. The Balaban J connectivity index is 2.95. The average molecular weight is 296 g/mol. The second-order valence-corrected chi connectivity index (χ2v) is 4.21. The van der Waals surface area contributed by atoms with E-state index in [1.165, 1.54) is 6.92 Å². The number of halogens is 3. The van der Waals surface area contributed by atoms with E-state index in [4.69, 9.17) is 16.3 Å². The summed E-state index contributed by atoms with van der Waals surface area (Å²) in [6.45, 7) is 0.520.